The molecule has 1 aromatic rings. The molecule has 0 aromatic heterocycles. The number of ether oxygens (including phenoxy) is 4. The second-order valence-electron chi connectivity index (χ2n) is 12.0. The Morgan fingerprint density at radius 2 is 1.74 bits per heavy atom. The Labute approximate surface area is 209 Å². The van der Waals surface area contributed by atoms with Gasteiger partial charge in [-0.3, -0.25) is 9.69 Å². The van der Waals surface area contributed by atoms with Crippen LogP contribution in [0.4, 0.5) is 0 Å². The van der Waals surface area contributed by atoms with E-state index in [9.17, 15) is 4.79 Å². The van der Waals surface area contributed by atoms with Crippen molar-refractivity contribution in [3.05, 3.63) is 30.0 Å². The Balaban J connectivity index is 1.35. The molecule has 1 N–H and O–H groups in total. The average molecular weight is 485 g/mol. The summed E-state index contributed by atoms with van der Waals surface area (Å²) >= 11 is 0. The third-order valence-electron chi connectivity index (χ3n) is 8.28. The molecular formula is C28H40N2O5. The number of nitrogens with one attached hydrogen (secondary N) is 1. The predicted molar refractivity (Wildman–Crippen MR) is 134 cm³/mol. The van der Waals surface area contributed by atoms with Crippen LogP contribution in [0.15, 0.2) is 24.5 Å². The maximum atomic E-state index is 13.7. The number of piperidine rings is 1. The number of hydrogen-bond acceptors (Lipinski definition) is 7. The molecule has 3 fully saturated rings. The topological polar surface area (TPSA) is 69.3 Å². The summed E-state index contributed by atoms with van der Waals surface area (Å²) in [7, 11) is 3.21. The van der Waals surface area contributed by atoms with Gasteiger partial charge in [-0.05, 0) is 71.1 Å². The largest absolute Gasteiger partial charge is 0.496 e. The molecule has 2 saturated heterocycles. The van der Waals surface area contributed by atoms with E-state index in [4.69, 9.17) is 18.9 Å². The Bertz CT molecular complexity index is 987. The highest BCUT2D eigenvalue weighted by atomic mass is 16.5. The fourth-order valence-electron chi connectivity index (χ4n) is 7.05. The first-order valence-electron chi connectivity index (χ1n) is 12.9. The smallest absolute Gasteiger partial charge is 0.173 e. The highest BCUT2D eigenvalue weighted by molar-refractivity contribution is 6.22. The molecule has 0 amide bonds. The number of fused-ring (bicyclic) bond motifs is 3. The summed E-state index contributed by atoms with van der Waals surface area (Å²) in [4.78, 5) is 16.2. The number of Topliss-reactive ketones (excluding diaryl/α,β-unsaturated/α-hetero) is 1. The van der Waals surface area contributed by atoms with Gasteiger partial charge in [0.15, 0.2) is 17.3 Å². The predicted octanol–water partition coefficient (Wildman–Crippen LogP) is 4.01. The highest BCUT2D eigenvalue weighted by Crippen LogP contribution is 2.44. The molecule has 0 radical (unpaired) electrons. The van der Waals surface area contributed by atoms with Gasteiger partial charge in [-0.1, -0.05) is 6.07 Å². The summed E-state index contributed by atoms with van der Waals surface area (Å²) in [5.74, 6) is 1.45. The number of ketones is 1. The zero-order valence-corrected chi connectivity index (χ0v) is 21.9. The first-order chi connectivity index (χ1) is 16.6. The Kier molecular flexibility index (Phi) is 6.39. The zero-order chi connectivity index (χ0) is 25.0. The van der Waals surface area contributed by atoms with Gasteiger partial charge in [0, 0.05) is 29.6 Å². The average Bonchev–Trinajstić information content (AvgIpc) is 2.81. The summed E-state index contributed by atoms with van der Waals surface area (Å²) < 4.78 is 23.6. The minimum atomic E-state index is -0.145. The van der Waals surface area contributed by atoms with E-state index in [1.165, 1.54) is 0 Å². The van der Waals surface area contributed by atoms with Crippen LogP contribution in [0.2, 0.25) is 0 Å². The van der Waals surface area contributed by atoms with E-state index >= 15 is 0 Å². The molecule has 7 nitrogen and oxygen atoms in total. The van der Waals surface area contributed by atoms with Gasteiger partial charge in [0.25, 0.3) is 0 Å². The highest BCUT2D eigenvalue weighted by Gasteiger charge is 2.51. The lowest BCUT2D eigenvalue weighted by Gasteiger charge is -2.54. The van der Waals surface area contributed by atoms with E-state index in [-0.39, 0.29) is 40.9 Å². The van der Waals surface area contributed by atoms with E-state index in [0.29, 0.717) is 29.8 Å². The summed E-state index contributed by atoms with van der Waals surface area (Å²) in [6.07, 6.45) is 5.53. The molecule has 1 aromatic carbocycles. The monoisotopic (exact) mass is 484 g/mol. The SMILES string of the molecule is COc1ccc(C2=COC3C(CCC4OCN(C5CC(C)(C)NC(C)(C)C5)CC43)C2=O)cc1OC. The van der Waals surface area contributed by atoms with Gasteiger partial charge in [-0.25, -0.2) is 0 Å². The van der Waals surface area contributed by atoms with Crippen molar-refractivity contribution in [1.82, 2.24) is 10.2 Å². The van der Waals surface area contributed by atoms with Gasteiger partial charge < -0.3 is 24.3 Å². The molecular weight excluding hydrogens is 444 g/mol. The van der Waals surface area contributed by atoms with Crippen LogP contribution in [0.3, 0.4) is 0 Å². The Hall–Kier alpha value is -2.09. The van der Waals surface area contributed by atoms with Gasteiger partial charge in [-0.15, -0.1) is 0 Å². The van der Waals surface area contributed by atoms with Gasteiger partial charge in [0.05, 0.1) is 44.8 Å². The number of carbonyl (C=O) groups excluding carboxylic acids is 1. The van der Waals surface area contributed by atoms with Crippen LogP contribution < -0.4 is 14.8 Å². The van der Waals surface area contributed by atoms with Crippen molar-refractivity contribution >= 4 is 11.4 Å². The van der Waals surface area contributed by atoms with Crippen molar-refractivity contribution in [2.24, 2.45) is 11.8 Å². The molecule has 1 aliphatic carbocycles. The van der Waals surface area contributed by atoms with E-state index in [1.807, 2.05) is 18.2 Å². The molecule has 3 aliphatic heterocycles. The van der Waals surface area contributed by atoms with Crippen LogP contribution in [0.25, 0.3) is 5.57 Å². The number of hydrogen-bond donors (Lipinski definition) is 1. The molecule has 192 valence electrons. The normalized spacial score (nSPS) is 32.6. The first kappa shape index (κ1) is 24.6. The van der Waals surface area contributed by atoms with Gasteiger partial charge in [0.1, 0.15) is 6.10 Å². The standard InChI is InChI=1S/C28H40N2O5/c1-27(2)12-18(13-28(3,4)29-27)30-14-20-22(35-16-30)10-8-19-25(31)21(15-34-26(19)20)17-7-9-23(32-5)24(11-17)33-6/h7,9,11,15,18-20,22,26,29H,8,10,12-14,16H2,1-6H3. The Morgan fingerprint density at radius 3 is 2.43 bits per heavy atom. The fourth-order valence-corrected chi connectivity index (χ4v) is 7.05. The fraction of sp³-hybridized carbons (Fsp3) is 0.679. The molecule has 5 rings (SSSR count). The Morgan fingerprint density at radius 1 is 1.03 bits per heavy atom. The molecule has 4 atom stereocenters. The molecule has 0 bridgehead atoms. The number of allylic oxidation sites excluding steroid dienone is 1. The van der Waals surface area contributed by atoms with Crippen molar-refractivity contribution in [1.29, 1.82) is 0 Å². The van der Waals surface area contributed by atoms with E-state index < -0.39 is 0 Å². The molecule has 4 unspecified atom stereocenters. The van der Waals surface area contributed by atoms with Crippen molar-refractivity contribution in [3.63, 3.8) is 0 Å². The summed E-state index contributed by atoms with van der Waals surface area (Å²) in [6, 6.07) is 6.02. The van der Waals surface area contributed by atoms with Gasteiger partial charge in [-0.2, -0.15) is 0 Å². The van der Waals surface area contributed by atoms with Crippen molar-refractivity contribution < 1.29 is 23.7 Å². The molecule has 7 heteroatoms. The number of rotatable bonds is 4. The molecule has 4 aliphatic rings. The van der Waals surface area contributed by atoms with Crippen LogP contribution in [0.5, 0.6) is 11.5 Å². The van der Waals surface area contributed by atoms with E-state index in [1.54, 1.807) is 20.5 Å². The molecule has 1 saturated carbocycles. The van der Waals surface area contributed by atoms with Crippen molar-refractivity contribution in [2.75, 3.05) is 27.5 Å². The van der Waals surface area contributed by atoms with Crippen LogP contribution in [0, 0.1) is 11.8 Å². The first-order valence-corrected chi connectivity index (χ1v) is 12.9. The lowest BCUT2D eigenvalue weighted by Crippen LogP contribution is -2.65. The third kappa shape index (κ3) is 4.70. The second kappa shape index (κ2) is 9.09. The molecule has 3 heterocycles. The summed E-state index contributed by atoms with van der Waals surface area (Å²) in [5.41, 5.74) is 1.56. The maximum absolute atomic E-state index is 13.7. The third-order valence-corrected chi connectivity index (χ3v) is 8.28. The maximum Gasteiger partial charge on any atom is 0.173 e. The van der Waals surface area contributed by atoms with Crippen molar-refractivity contribution in [2.45, 2.75) is 82.7 Å². The number of nitrogens with zero attached hydrogens (tertiary/aromatic N) is 1. The summed E-state index contributed by atoms with van der Waals surface area (Å²) in [5, 5.41) is 3.78. The number of benzene rings is 1. The quantitative estimate of drug-likeness (QED) is 0.693. The van der Waals surface area contributed by atoms with Crippen molar-refractivity contribution in [3.8, 4) is 11.5 Å². The van der Waals surface area contributed by atoms with E-state index in [2.05, 4.69) is 37.9 Å². The van der Waals surface area contributed by atoms with Crippen LogP contribution in [-0.4, -0.2) is 67.5 Å². The molecule has 0 spiro atoms. The summed E-state index contributed by atoms with van der Waals surface area (Å²) in [6.45, 7) is 10.7. The van der Waals surface area contributed by atoms with Crippen LogP contribution in [-0.2, 0) is 14.3 Å². The second-order valence-corrected chi connectivity index (χ2v) is 12.0. The zero-order valence-electron chi connectivity index (χ0n) is 21.9. The van der Waals surface area contributed by atoms with Gasteiger partial charge >= 0.3 is 0 Å². The lowest BCUT2D eigenvalue weighted by molar-refractivity contribution is -0.181. The number of methoxy groups -OCH3 is 2. The number of carbonyl (C=O) groups is 1. The lowest BCUT2D eigenvalue weighted by atomic mass is 9.71. The molecule has 35 heavy (non-hydrogen) atoms. The van der Waals surface area contributed by atoms with Gasteiger partial charge in [0.2, 0.25) is 0 Å². The van der Waals surface area contributed by atoms with Crippen LogP contribution >= 0.6 is 0 Å². The van der Waals surface area contributed by atoms with Crippen LogP contribution in [0.1, 0.15) is 58.9 Å². The van der Waals surface area contributed by atoms with E-state index in [0.717, 1.165) is 37.8 Å². The minimum absolute atomic E-state index is 0.0761. The minimum Gasteiger partial charge on any atom is -0.496 e.